The van der Waals surface area contributed by atoms with Crippen molar-refractivity contribution in [2.75, 3.05) is 19.6 Å². The van der Waals surface area contributed by atoms with Gasteiger partial charge in [0.1, 0.15) is 0 Å². The van der Waals surface area contributed by atoms with Crippen molar-refractivity contribution in [1.29, 1.82) is 0 Å². The average molecular weight is 446 g/mol. The molecule has 1 heterocycles. The van der Waals surface area contributed by atoms with Gasteiger partial charge in [0.25, 0.3) is 0 Å². The van der Waals surface area contributed by atoms with Crippen LogP contribution in [0.3, 0.4) is 0 Å². The fourth-order valence-electron chi connectivity index (χ4n) is 5.02. The largest absolute Gasteiger partial charge is 0.303 e. The molecule has 1 fully saturated rings. The van der Waals surface area contributed by atoms with Crippen molar-refractivity contribution in [2.24, 2.45) is 0 Å². The molecule has 0 unspecified atom stereocenters. The lowest BCUT2D eigenvalue weighted by Gasteiger charge is -2.42. The van der Waals surface area contributed by atoms with E-state index in [0.29, 0.717) is 17.0 Å². The Balaban J connectivity index is 1.42. The van der Waals surface area contributed by atoms with Crippen molar-refractivity contribution >= 4 is 17.4 Å². The Kier molecular flexibility index (Phi) is 7.44. The maximum Gasteiger partial charge on any atom is 0.164 e. The predicted octanol–water partition coefficient (Wildman–Crippen LogP) is 6.89. The van der Waals surface area contributed by atoms with Gasteiger partial charge in [-0.3, -0.25) is 4.79 Å². The van der Waals surface area contributed by atoms with Gasteiger partial charge in [-0.2, -0.15) is 0 Å². The number of hydrogen-bond acceptors (Lipinski definition) is 2. The van der Waals surface area contributed by atoms with Gasteiger partial charge in [0.2, 0.25) is 0 Å². The summed E-state index contributed by atoms with van der Waals surface area (Å²) in [6.45, 7) is 5.43. The normalized spacial score (nSPS) is 16.1. The number of piperidine rings is 1. The summed E-state index contributed by atoms with van der Waals surface area (Å²) in [7, 11) is 0. The molecule has 0 atom stereocenters. The number of carbonyl (C=O) groups excluding carboxylic acids is 1. The molecule has 1 saturated heterocycles. The highest BCUT2D eigenvalue weighted by Gasteiger charge is 2.36. The molecule has 0 spiro atoms. The second kappa shape index (κ2) is 10.5. The first-order valence-corrected chi connectivity index (χ1v) is 12.1. The van der Waals surface area contributed by atoms with Gasteiger partial charge in [-0.15, -0.1) is 0 Å². The van der Waals surface area contributed by atoms with Gasteiger partial charge in [0.05, 0.1) is 5.02 Å². The van der Waals surface area contributed by atoms with E-state index in [1.807, 2.05) is 18.2 Å². The van der Waals surface area contributed by atoms with Gasteiger partial charge in [0.15, 0.2) is 5.78 Å². The molecule has 3 heteroatoms. The minimum Gasteiger partial charge on any atom is -0.303 e. The zero-order valence-corrected chi connectivity index (χ0v) is 19.7. The SMILES string of the molecule is Cc1ccccc1CCN1CCC(CCC(=O)c2ccccc2Cl)(c2ccccc2)CC1. The Morgan fingerprint density at radius 2 is 1.56 bits per heavy atom. The van der Waals surface area contributed by atoms with Crippen molar-refractivity contribution in [3.05, 3.63) is 106 Å². The quantitative estimate of drug-likeness (QED) is 0.352. The summed E-state index contributed by atoms with van der Waals surface area (Å²) < 4.78 is 0. The molecule has 0 aromatic heterocycles. The number of Topliss-reactive ketones (excluding diaryl/α,β-unsaturated/α-hetero) is 1. The second-order valence-electron chi connectivity index (χ2n) is 9.07. The van der Waals surface area contributed by atoms with E-state index < -0.39 is 0 Å². The van der Waals surface area contributed by atoms with Crippen molar-refractivity contribution < 1.29 is 4.79 Å². The molecule has 32 heavy (non-hydrogen) atoms. The first-order chi connectivity index (χ1) is 15.6. The third-order valence-electron chi connectivity index (χ3n) is 7.16. The molecule has 0 aliphatic carbocycles. The Bertz CT molecular complexity index is 1040. The molecule has 0 N–H and O–H groups in total. The molecule has 0 amide bonds. The second-order valence-corrected chi connectivity index (χ2v) is 9.47. The van der Waals surface area contributed by atoms with E-state index in [9.17, 15) is 4.79 Å². The molecule has 3 aromatic carbocycles. The van der Waals surface area contributed by atoms with Crippen molar-refractivity contribution in [1.82, 2.24) is 4.90 Å². The number of benzene rings is 3. The Morgan fingerprint density at radius 3 is 2.28 bits per heavy atom. The van der Waals surface area contributed by atoms with Gasteiger partial charge in [0, 0.05) is 18.5 Å². The van der Waals surface area contributed by atoms with Crippen molar-refractivity contribution in [2.45, 2.75) is 44.4 Å². The van der Waals surface area contributed by atoms with E-state index in [2.05, 4.69) is 66.4 Å². The molecule has 2 nitrogen and oxygen atoms in total. The molecule has 0 bridgehead atoms. The summed E-state index contributed by atoms with van der Waals surface area (Å²) in [6, 6.07) is 26.9. The average Bonchev–Trinajstić information content (AvgIpc) is 2.84. The molecule has 0 radical (unpaired) electrons. The van der Waals surface area contributed by atoms with Crippen LogP contribution in [0.5, 0.6) is 0 Å². The van der Waals surface area contributed by atoms with Crippen LogP contribution in [-0.2, 0) is 11.8 Å². The van der Waals surface area contributed by atoms with Crippen LogP contribution in [0.15, 0.2) is 78.9 Å². The summed E-state index contributed by atoms with van der Waals surface area (Å²) in [5, 5.41) is 0.553. The fraction of sp³-hybridized carbons (Fsp3) is 0.345. The minimum absolute atomic E-state index is 0.0529. The maximum absolute atomic E-state index is 12.9. The zero-order valence-electron chi connectivity index (χ0n) is 18.9. The van der Waals surface area contributed by atoms with Gasteiger partial charge in [-0.1, -0.05) is 78.3 Å². The minimum atomic E-state index is 0.0529. The summed E-state index contributed by atoms with van der Waals surface area (Å²) >= 11 is 6.28. The van der Waals surface area contributed by atoms with E-state index in [0.717, 1.165) is 45.3 Å². The fourth-order valence-corrected chi connectivity index (χ4v) is 5.26. The zero-order chi connectivity index (χ0) is 22.4. The van der Waals surface area contributed by atoms with Crippen LogP contribution >= 0.6 is 11.6 Å². The van der Waals surface area contributed by atoms with E-state index in [1.54, 1.807) is 6.07 Å². The van der Waals surface area contributed by atoms with Crippen molar-refractivity contribution in [3.63, 3.8) is 0 Å². The van der Waals surface area contributed by atoms with Gasteiger partial charge in [-0.25, -0.2) is 0 Å². The van der Waals surface area contributed by atoms with Crippen LogP contribution in [0.4, 0.5) is 0 Å². The van der Waals surface area contributed by atoms with Crippen LogP contribution in [0, 0.1) is 6.92 Å². The van der Waals surface area contributed by atoms with E-state index in [-0.39, 0.29) is 11.2 Å². The van der Waals surface area contributed by atoms with Gasteiger partial charge < -0.3 is 4.90 Å². The molecule has 1 aliphatic heterocycles. The van der Waals surface area contributed by atoms with E-state index in [4.69, 9.17) is 11.6 Å². The van der Waals surface area contributed by atoms with Crippen molar-refractivity contribution in [3.8, 4) is 0 Å². The summed E-state index contributed by atoms with van der Waals surface area (Å²) in [5.41, 5.74) is 4.88. The van der Waals surface area contributed by atoms with Crippen LogP contribution in [0.2, 0.25) is 5.02 Å². The number of likely N-dealkylation sites (tertiary alicyclic amines) is 1. The van der Waals surface area contributed by atoms with Gasteiger partial charge >= 0.3 is 0 Å². The third kappa shape index (κ3) is 5.31. The molecule has 1 aliphatic rings. The lowest BCUT2D eigenvalue weighted by atomic mass is 9.69. The molecule has 166 valence electrons. The Morgan fingerprint density at radius 1 is 0.906 bits per heavy atom. The van der Waals surface area contributed by atoms with Crippen LogP contribution in [0.25, 0.3) is 0 Å². The molecular weight excluding hydrogens is 414 g/mol. The summed E-state index contributed by atoms with van der Waals surface area (Å²) in [6.07, 6.45) is 4.66. The maximum atomic E-state index is 12.9. The third-order valence-corrected chi connectivity index (χ3v) is 7.49. The lowest BCUT2D eigenvalue weighted by Crippen LogP contribution is -2.43. The number of rotatable bonds is 8. The highest BCUT2D eigenvalue weighted by atomic mass is 35.5. The Hall–Kier alpha value is -2.42. The number of ketones is 1. The molecule has 4 rings (SSSR count). The molecule has 0 saturated carbocycles. The number of nitrogens with zero attached hydrogens (tertiary/aromatic N) is 1. The predicted molar refractivity (Wildman–Crippen MR) is 134 cm³/mol. The van der Waals surface area contributed by atoms with E-state index >= 15 is 0 Å². The van der Waals surface area contributed by atoms with Crippen LogP contribution in [-0.4, -0.2) is 30.3 Å². The molecular formula is C29H32ClNO. The molecule has 3 aromatic rings. The first kappa shape index (κ1) is 22.8. The standard InChI is InChI=1S/C29H32ClNO/c1-23-9-5-6-10-24(23)16-20-31-21-18-29(19-22-31,25-11-3-2-4-12-25)17-15-28(32)26-13-7-8-14-27(26)30/h2-14H,15-22H2,1H3. The highest BCUT2D eigenvalue weighted by Crippen LogP contribution is 2.40. The van der Waals surface area contributed by atoms with Gasteiger partial charge in [-0.05, 0) is 79.9 Å². The lowest BCUT2D eigenvalue weighted by molar-refractivity contribution is 0.0947. The summed E-state index contributed by atoms with van der Waals surface area (Å²) in [5.74, 6) is 0.146. The number of aryl methyl sites for hydroxylation is 1. The van der Waals surface area contributed by atoms with E-state index in [1.165, 1.54) is 16.7 Å². The number of halogens is 1. The monoisotopic (exact) mass is 445 g/mol. The highest BCUT2D eigenvalue weighted by molar-refractivity contribution is 6.33. The smallest absolute Gasteiger partial charge is 0.164 e. The Labute approximate surface area is 197 Å². The number of carbonyl (C=O) groups is 1. The topological polar surface area (TPSA) is 20.3 Å². The summed E-state index contributed by atoms with van der Waals surface area (Å²) in [4.78, 5) is 15.5. The van der Waals surface area contributed by atoms with Crippen LogP contribution < -0.4 is 0 Å². The first-order valence-electron chi connectivity index (χ1n) is 11.7. The van der Waals surface area contributed by atoms with Crippen LogP contribution in [0.1, 0.15) is 52.7 Å². The number of hydrogen-bond donors (Lipinski definition) is 0.